The Morgan fingerprint density at radius 1 is 1.21 bits per heavy atom. The van der Waals surface area contributed by atoms with Crippen LogP contribution in [0.3, 0.4) is 0 Å². The van der Waals surface area contributed by atoms with E-state index in [1.165, 1.54) is 0 Å². The fourth-order valence-corrected chi connectivity index (χ4v) is 3.91. The largest absolute Gasteiger partial charge is 0.493 e. The normalized spacial score (nSPS) is 24.7. The fourth-order valence-electron chi connectivity index (χ4n) is 3.91. The number of amides is 2. The van der Waals surface area contributed by atoms with Gasteiger partial charge in [0, 0.05) is 17.4 Å². The molecule has 0 bridgehead atoms. The highest BCUT2D eigenvalue weighted by Crippen LogP contribution is 2.55. The van der Waals surface area contributed by atoms with Crippen LogP contribution in [0.2, 0.25) is 0 Å². The highest BCUT2D eigenvalue weighted by molar-refractivity contribution is 5.97. The second kappa shape index (κ2) is 8.78. The first-order valence-corrected chi connectivity index (χ1v) is 9.75. The van der Waals surface area contributed by atoms with E-state index in [0.717, 1.165) is 26.2 Å². The number of pyridine rings is 1. The Labute approximate surface area is 189 Å². The summed E-state index contributed by atoms with van der Waals surface area (Å²) < 4.78 is 94.1. The molecular weight excluding hydrogens is 472 g/mol. The van der Waals surface area contributed by atoms with Gasteiger partial charge in [0.25, 0.3) is 11.8 Å². The molecule has 2 amide bonds. The van der Waals surface area contributed by atoms with Crippen molar-refractivity contribution in [2.75, 3.05) is 12.4 Å². The summed E-state index contributed by atoms with van der Waals surface area (Å²) in [6.45, 7) is 1.84. The number of rotatable bonds is 5. The van der Waals surface area contributed by atoms with Crippen LogP contribution >= 0.6 is 0 Å². The Balaban J connectivity index is 2.10. The van der Waals surface area contributed by atoms with E-state index in [9.17, 15) is 35.9 Å². The number of carbonyl (C=O) groups is 2. The van der Waals surface area contributed by atoms with Gasteiger partial charge >= 0.3 is 6.18 Å². The molecule has 1 fully saturated rings. The number of methoxy groups -OCH3 is 1. The predicted molar refractivity (Wildman–Crippen MR) is 105 cm³/mol. The van der Waals surface area contributed by atoms with Gasteiger partial charge in [0.15, 0.2) is 23.0 Å². The minimum atomic E-state index is -4.97. The van der Waals surface area contributed by atoms with Crippen LogP contribution in [0.25, 0.3) is 0 Å². The van der Waals surface area contributed by atoms with E-state index in [2.05, 4.69) is 10.3 Å². The van der Waals surface area contributed by atoms with Crippen molar-refractivity contribution in [3.8, 4) is 5.75 Å². The summed E-state index contributed by atoms with van der Waals surface area (Å²) in [6, 6.07) is 2.46. The number of nitrogens with one attached hydrogen (secondary N) is 1. The van der Waals surface area contributed by atoms with E-state index < -0.39 is 76.1 Å². The Morgan fingerprint density at radius 2 is 1.85 bits per heavy atom. The highest BCUT2D eigenvalue weighted by Gasteiger charge is 2.66. The number of anilines is 1. The van der Waals surface area contributed by atoms with Crippen LogP contribution in [-0.4, -0.2) is 41.8 Å². The minimum Gasteiger partial charge on any atom is -0.493 e. The third-order valence-corrected chi connectivity index (χ3v) is 5.94. The monoisotopic (exact) mass is 491 g/mol. The lowest BCUT2D eigenvalue weighted by Gasteiger charge is -2.32. The van der Waals surface area contributed by atoms with Crippen LogP contribution in [-0.2, 0) is 9.53 Å². The van der Waals surface area contributed by atoms with Crippen LogP contribution in [0, 0.1) is 23.4 Å². The molecule has 4 atom stereocenters. The molecule has 0 radical (unpaired) electrons. The minimum absolute atomic E-state index is 0.255. The second-order valence-corrected chi connectivity index (χ2v) is 7.84. The molecule has 0 aliphatic carbocycles. The number of primary amides is 1. The van der Waals surface area contributed by atoms with Crippen molar-refractivity contribution in [3.63, 3.8) is 0 Å². The molecule has 3 N–H and O–H groups in total. The van der Waals surface area contributed by atoms with E-state index in [1.54, 1.807) is 0 Å². The van der Waals surface area contributed by atoms with Crippen molar-refractivity contribution in [2.45, 2.75) is 37.6 Å². The maximum atomic E-state index is 14.4. The molecule has 1 aromatic carbocycles. The first-order valence-electron chi connectivity index (χ1n) is 9.75. The molecule has 0 spiro atoms. The SMILES string of the molecule is COc1c([C@@H]2[C@@H](C)[C@@](C)(C(F)(F)F)O[C@H]2C(=O)Nc2cc(C(N)=O)ncc2F)ccc(F)c1F. The van der Waals surface area contributed by atoms with Crippen LogP contribution in [0.1, 0.15) is 35.8 Å². The van der Waals surface area contributed by atoms with E-state index in [-0.39, 0.29) is 5.56 Å². The van der Waals surface area contributed by atoms with Crippen molar-refractivity contribution in [2.24, 2.45) is 11.7 Å². The number of benzene rings is 1. The lowest BCUT2D eigenvalue weighted by atomic mass is 9.77. The van der Waals surface area contributed by atoms with Gasteiger partial charge in [-0.15, -0.1) is 0 Å². The molecule has 0 unspecified atom stereocenters. The second-order valence-electron chi connectivity index (χ2n) is 7.84. The molecule has 1 aliphatic heterocycles. The number of alkyl halides is 3. The van der Waals surface area contributed by atoms with Gasteiger partial charge in [-0.3, -0.25) is 9.59 Å². The molecule has 2 heterocycles. The quantitative estimate of drug-likeness (QED) is 0.622. The number of hydrogen-bond donors (Lipinski definition) is 2. The zero-order chi connectivity index (χ0) is 25.6. The molecule has 184 valence electrons. The molecule has 3 rings (SSSR count). The van der Waals surface area contributed by atoms with Crippen molar-refractivity contribution in [1.82, 2.24) is 4.98 Å². The Bertz CT molecular complexity index is 1140. The van der Waals surface area contributed by atoms with Crippen LogP contribution < -0.4 is 15.8 Å². The Hall–Kier alpha value is -3.35. The third kappa shape index (κ3) is 4.15. The van der Waals surface area contributed by atoms with Gasteiger partial charge in [0.05, 0.1) is 19.0 Å². The van der Waals surface area contributed by atoms with E-state index >= 15 is 0 Å². The van der Waals surface area contributed by atoms with Crippen LogP contribution in [0.5, 0.6) is 5.75 Å². The predicted octanol–water partition coefficient (Wildman–Crippen LogP) is 3.68. The van der Waals surface area contributed by atoms with Gasteiger partial charge in [0.1, 0.15) is 11.8 Å². The van der Waals surface area contributed by atoms with E-state index in [1.807, 2.05) is 0 Å². The van der Waals surface area contributed by atoms with Crippen molar-refractivity contribution < 1.29 is 45.4 Å². The molecule has 13 heteroatoms. The summed E-state index contributed by atoms with van der Waals surface area (Å²) in [5, 5.41) is 2.06. The van der Waals surface area contributed by atoms with Crippen LogP contribution in [0.4, 0.5) is 32.0 Å². The summed E-state index contributed by atoms with van der Waals surface area (Å²) in [5.74, 6) is -9.85. The number of nitrogens with zero attached hydrogens (tertiary/aromatic N) is 1. The zero-order valence-electron chi connectivity index (χ0n) is 18.0. The number of nitrogens with two attached hydrogens (primary N) is 1. The number of hydrogen-bond acceptors (Lipinski definition) is 5. The molecule has 7 nitrogen and oxygen atoms in total. The summed E-state index contributed by atoms with van der Waals surface area (Å²) in [7, 11) is 0.984. The Morgan fingerprint density at radius 3 is 2.41 bits per heavy atom. The molecule has 34 heavy (non-hydrogen) atoms. The standard InChI is InChI=1S/C21H19F6N3O4/c1-8-14(9-4-5-10(22)15(24)16(9)33-3)17(34-20(8,2)21(25,26)27)19(32)30-12-6-13(18(28)31)29-7-11(12)23/h4-8,14,17H,1-3H3,(H2,28,31)(H,29,30,32)/t8-,14+,17-,20+/m1/s1. The summed E-state index contributed by atoms with van der Waals surface area (Å²) in [4.78, 5) is 27.8. The van der Waals surface area contributed by atoms with E-state index in [4.69, 9.17) is 15.2 Å². The van der Waals surface area contributed by atoms with Crippen molar-refractivity contribution in [1.29, 1.82) is 0 Å². The number of ether oxygens (including phenoxy) is 2. The first kappa shape index (κ1) is 25.3. The molecule has 2 aromatic rings. The fraction of sp³-hybridized carbons (Fsp3) is 0.381. The summed E-state index contributed by atoms with van der Waals surface area (Å²) >= 11 is 0. The highest BCUT2D eigenvalue weighted by atomic mass is 19.4. The number of aromatic nitrogens is 1. The molecular formula is C21H19F6N3O4. The lowest BCUT2D eigenvalue weighted by molar-refractivity contribution is -0.272. The van der Waals surface area contributed by atoms with Crippen molar-refractivity contribution in [3.05, 3.63) is 53.1 Å². The Kier molecular flexibility index (Phi) is 6.53. The van der Waals surface area contributed by atoms with Gasteiger partial charge in [-0.25, -0.2) is 13.8 Å². The molecule has 1 saturated heterocycles. The lowest BCUT2D eigenvalue weighted by Crippen LogP contribution is -2.47. The first-order chi connectivity index (χ1) is 15.7. The van der Waals surface area contributed by atoms with Gasteiger partial charge < -0.3 is 20.5 Å². The molecule has 1 aliphatic rings. The topological polar surface area (TPSA) is 104 Å². The van der Waals surface area contributed by atoms with E-state index in [0.29, 0.717) is 19.2 Å². The van der Waals surface area contributed by atoms with Crippen LogP contribution in [0.15, 0.2) is 24.4 Å². The maximum absolute atomic E-state index is 14.4. The third-order valence-electron chi connectivity index (χ3n) is 5.94. The smallest absolute Gasteiger partial charge is 0.417 e. The van der Waals surface area contributed by atoms with Gasteiger partial charge in [-0.05, 0) is 19.1 Å². The molecule has 0 saturated carbocycles. The van der Waals surface area contributed by atoms with Gasteiger partial charge in [-0.1, -0.05) is 13.0 Å². The average molecular weight is 491 g/mol. The van der Waals surface area contributed by atoms with Gasteiger partial charge in [-0.2, -0.15) is 17.6 Å². The maximum Gasteiger partial charge on any atom is 0.417 e. The van der Waals surface area contributed by atoms with Gasteiger partial charge in [0.2, 0.25) is 5.82 Å². The summed E-state index contributed by atoms with van der Waals surface area (Å²) in [6.07, 6.45) is -6.32. The summed E-state index contributed by atoms with van der Waals surface area (Å²) in [5.41, 5.74) is 0.923. The average Bonchev–Trinajstić information content (AvgIpc) is 3.03. The van der Waals surface area contributed by atoms with Crippen molar-refractivity contribution >= 4 is 17.5 Å². The zero-order valence-corrected chi connectivity index (χ0v) is 18.0. The number of halogens is 6. The number of carbonyl (C=O) groups excluding carboxylic acids is 2. The molecule has 1 aromatic heterocycles.